The Balaban J connectivity index is 1.59. The average molecular weight is 272 g/mol. The van der Waals surface area contributed by atoms with Crippen molar-refractivity contribution >= 4 is 11.0 Å². The van der Waals surface area contributed by atoms with Crippen LogP contribution in [0.3, 0.4) is 0 Å². The summed E-state index contributed by atoms with van der Waals surface area (Å²) in [5.74, 6) is 0.526. The van der Waals surface area contributed by atoms with E-state index < -0.39 is 0 Å². The number of nitrogens with zero attached hydrogens (tertiary/aromatic N) is 4. The van der Waals surface area contributed by atoms with Gasteiger partial charge in [0.1, 0.15) is 5.52 Å². The molecule has 0 aliphatic carbocycles. The second-order valence-corrected chi connectivity index (χ2v) is 5.84. The van der Waals surface area contributed by atoms with Gasteiger partial charge in [-0.25, -0.2) is 4.68 Å². The Kier molecular flexibility index (Phi) is 3.16. The van der Waals surface area contributed by atoms with Crippen LogP contribution in [-0.4, -0.2) is 46.1 Å². The van der Waals surface area contributed by atoms with Crippen molar-refractivity contribution in [3.8, 4) is 0 Å². The van der Waals surface area contributed by atoms with E-state index in [-0.39, 0.29) is 6.23 Å². The Morgan fingerprint density at radius 3 is 2.95 bits per heavy atom. The second kappa shape index (κ2) is 5.14. The summed E-state index contributed by atoms with van der Waals surface area (Å²) in [6, 6.07) is 8.11. The molecule has 0 saturated carbocycles. The number of likely N-dealkylation sites (tertiary alicyclic amines) is 1. The van der Waals surface area contributed by atoms with Crippen molar-refractivity contribution in [2.75, 3.05) is 26.2 Å². The number of ether oxygens (including phenoxy) is 1. The zero-order chi connectivity index (χ0) is 13.4. The van der Waals surface area contributed by atoms with Gasteiger partial charge in [0.15, 0.2) is 6.23 Å². The molecule has 2 aliphatic rings. The summed E-state index contributed by atoms with van der Waals surface area (Å²) >= 11 is 0. The first-order chi connectivity index (χ1) is 9.92. The van der Waals surface area contributed by atoms with Gasteiger partial charge in [0.25, 0.3) is 0 Å². The molecule has 20 heavy (non-hydrogen) atoms. The van der Waals surface area contributed by atoms with E-state index in [0.717, 1.165) is 30.6 Å². The van der Waals surface area contributed by atoms with Gasteiger partial charge in [0, 0.05) is 19.1 Å². The maximum absolute atomic E-state index is 5.96. The van der Waals surface area contributed by atoms with Crippen LogP contribution in [0.5, 0.6) is 0 Å². The van der Waals surface area contributed by atoms with E-state index in [4.69, 9.17) is 4.74 Å². The highest BCUT2D eigenvalue weighted by Crippen LogP contribution is 2.32. The third-order valence-corrected chi connectivity index (χ3v) is 4.49. The highest BCUT2D eigenvalue weighted by atomic mass is 16.5. The molecule has 1 aromatic carbocycles. The van der Waals surface area contributed by atoms with Crippen LogP contribution >= 0.6 is 0 Å². The topological polar surface area (TPSA) is 43.2 Å². The molecule has 0 bridgehead atoms. The molecule has 2 unspecified atom stereocenters. The molecule has 0 N–H and O–H groups in total. The number of fused-ring (bicyclic) bond motifs is 1. The van der Waals surface area contributed by atoms with Crippen LogP contribution in [0.15, 0.2) is 24.3 Å². The minimum absolute atomic E-state index is 0.0444. The molecule has 2 aliphatic heterocycles. The number of aromatic nitrogens is 3. The molecular formula is C15H20N4O. The second-order valence-electron chi connectivity index (χ2n) is 5.84. The molecule has 2 saturated heterocycles. The van der Waals surface area contributed by atoms with Crippen molar-refractivity contribution in [1.29, 1.82) is 0 Å². The first kappa shape index (κ1) is 12.3. The third-order valence-electron chi connectivity index (χ3n) is 4.49. The number of para-hydroxylation sites is 1. The van der Waals surface area contributed by atoms with Crippen LogP contribution in [0, 0.1) is 5.92 Å². The van der Waals surface area contributed by atoms with Gasteiger partial charge in [-0.2, -0.15) is 0 Å². The first-order valence-electron chi connectivity index (χ1n) is 7.56. The highest BCUT2D eigenvalue weighted by Gasteiger charge is 2.33. The van der Waals surface area contributed by atoms with Crippen molar-refractivity contribution < 1.29 is 4.74 Å². The summed E-state index contributed by atoms with van der Waals surface area (Å²) in [5.41, 5.74) is 2.02. The van der Waals surface area contributed by atoms with Gasteiger partial charge in [-0.1, -0.05) is 17.3 Å². The molecule has 5 nitrogen and oxygen atoms in total. The number of hydrogen-bond acceptors (Lipinski definition) is 4. The molecule has 106 valence electrons. The minimum atomic E-state index is 0.0444. The number of rotatable bonds is 3. The molecule has 4 rings (SSSR count). The molecule has 2 atom stereocenters. The fourth-order valence-electron chi connectivity index (χ4n) is 3.44. The lowest BCUT2D eigenvalue weighted by atomic mass is 10.1. The van der Waals surface area contributed by atoms with Gasteiger partial charge in [0.05, 0.1) is 5.52 Å². The maximum atomic E-state index is 5.96. The predicted octanol–water partition coefficient (Wildman–Crippen LogP) is 2.06. The molecule has 2 aromatic rings. The van der Waals surface area contributed by atoms with Crippen LogP contribution in [-0.2, 0) is 4.74 Å². The average Bonchev–Trinajstić information content (AvgIpc) is 3.19. The van der Waals surface area contributed by atoms with Crippen LogP contribution in [0.1, 0.15) is 25.5 Å². The van der Waals surface area contributed by atoms with E-state index in [2.05, 4.69) is 21.3 Å². The summed E-state index contributed by atoms with van der Waals surface area (Å²) in [7, 11) is 0. The van der Waals surface area contributed by atoms with E-state index in [0.29, 0.717) is 5.92 Å². The molecule has 5 heteroatoms. The molecule has 0 amide bonds. The summed E-state index contributed by atoms with van der Waals surface area (Å²) in [6.07, 6.45) is 3.84. The fourth-order valence-corrected chi connectivity index (χ4v) is 3.44. The van der Waals surface area contributed by atoms with Crippen LogP contribution in [0.4, 0.5) is 0 Å². The van der Waals surface area contributed by atoms with Crippen molar-refractivity contribution in [2.45, 2.75) is 25.5 Å². The summed E-state index contributed by atoms with van der Waals surface area (Å²) in [6.45, 7) is 4.43. The molecule has 0 radical (unpaired) electrons. The van der Waals surface area contributed by atoms with Gasteiger partial charge < -0.3 is 9.64 Å². The molecule has 1 aromatic heterocycles. The largest absolute Gasteiger partial charge is 0.356 e. The van der Waals surface area contributed by atoms with Gasteiger partial charge in [-0.3, -0.25) is 0 Å². The lowest BCUT2D eigenvalue weighted by Crippen LogP contribution is -2.30. The van der Waals surface area contributed by atoms with Crippen molar-refractivity contribution in [2.24, 2.45) is 5.92 Å². The Morgan fingerprint density at radius 2 is 2.05 bits per heavy atom. The Hall–Kier alpha value is -1.46. The van der Waals surface area contributed by atoms with Gasteiger partial charge >= 0.3 is 0 Å². The zero-order valence-electron chi connectivity index (χ0n) is 11.6. The maximum Gasteiger partial charge on any atom is 0.156 e. The Labute approximate surface area is 118 Å². The lowest BCUT2D eigenvalue weighted by Gasteiger charge is -2.24. The van der Waals surface area contributed by atoms with Crippen molar-refractivity contribution in [1.82, 2.24) is 19.9 Å². The standard InChI is InChI=1S/C15H20N4O/c1-2-6-14-13(5-1)16-17-19(14)15-12(7-10-20-15)11-18-8-3-4-9-18/h1-2,5-6,12,15H,3-4,7-11H2. The first-order valence-corrected chi connectivity index (χ1v) is 7.56. The molecule has 2 fully saturated rings. The molecule has 0 spiro atoms. The Morgan fingerprint density at radius 1 is 1.20 bits per heavy atom. The van der Waals surface area contributed by atoms with Crippen LogP contribution in [0.2, 0.25) is 0 Å². The van der Waals surface area contributed by atoms with Crippen molar-refractivity contribution in [3.05, 3.63) is 24.3 Å². The number of benzene rings is 1. The van der Waals surface area contributed by atoms with Crippen LogP contribution in [0.25, 0.3) is 11.0 Å². The van der Waals surface area contributed by atoms with Crippen LogP contribution < -0.4 is 0 Å². The monoisotopic (exact) mass is 272 g/mol. The fraction of sp³-hybridized carbons (Fsp3) is 0.600. The van der Waals surface area contributed by atoms with E-state index in [1.54, 1.807) is 0 Å². The predicted molar refractivity (Wildman–Crippen MR) is 76.3 cm³/mol. The molecular weight excluding hydrogens is 252 g/mol. The zero-order valence-corrected chi connectivity index (χ0v) is 11.6. The highest BCUT2D eigenvalue weighted by molar-refractivity contribution is 5.73. The smallest absolute Gasteiger partial charge is 0.156 e. The Bertz CT molecular complexity index is 590. The SMILES string of the molecule is c1ccc2c(c1)nnn2C1OCCC1CN1CCCC1. The van der Waals surface area contributed by atoms with E-state index in [1.165, 1.54) is 25.9 Å². The quantitative estimate of drug-likeness (QED) is 0.858. The van der Waals surface area contributed by atoms with E-state index in [1.807, 2.05) is 22.9 Å². The van der Waals surface area contributed by atoms with E-state index in [9.17, 15) is 0 Å². The normalized spacial score (nSPS) is 27.6. The third kappa shape index (κ3) is 2.11. The van der Waals surface area contributed by atoms with Crippen molar-refractivity contribution in [3.63, 3.8) is 0 Å². The lowest BCUT2D eigenvalue weighted by molar-refractivity contribution is 0.0176. The molecule has 3 heterocycles. The summed E-state index contributed by atoms with van der Waals surface area (Å²) < 4.78 is 7.94. The van der Waals surface area contributed by atoms with Gasteiger partial charge in [0.2, 0.25) is 0 Å². The summed E-state index contributed by atoms with van der Waals surface area (Å²) in [4.78, 5) is 2.56. The van der Waals surface area contributed by atoms with E-state index >= 15 is 0 Å². The summed E-state index contributed by atoms with van der Waals surface area (Å²) in [5, 5.41) is 8.57. The minimum Gasteiger partial charge on any atom is -0.356 e. The number of hydrogen-bond donors (Lipinski definition) is 0. The van der Waals surface area contributed by atoms with Gasteiger partial charge in [-0.05, 0) is 44.5 Å². The van der Waals surface area contributed by atoms with Gasteiger partial charge in [-0.15, -0.1) is 5.10 Å².